The van der Waals surface area contributed by atoms with Crippen LogP contribution in [-0.4, -0.2) is 52.2 Å². The Morgan fingerprint density at radius 1 is 1.15 bits per heavy atom. The lowest BCUT2D eigenvalue weighted by molar-refractivity contribution is 0.161. The molecule has 0 fully saturated rings. The molecular weight excluding hydrogens is 370 g/mol. The molecule has 1 atom stereocenters. The fourth-order valence-corrected chi connectivity index (χ4v) is 2.84. The number of halogens is 1. The molecule has 0 aliphatic carbocycles. The van der Waals surface area contributed by atoms with Gasteiger partial charge in [0.15, 0.2) is 5.82 Å². The molecule has 0 radical (unpaired) electrons. The number of hydrogen-bond acceptors (Lipinski definition) is 7. The molecule has 9 heteroatoms. The van der Waals surface area contributed by atoms with Gasteiger partial charge in [-0.2, -0.15) is 0 Å². The fraction of sp³-hybridized carbons (Fsp3) is 0.278. The first-order chi connectivity index (χ1) is 13.1. The summed E-state index contributed by atoms with van der Waals surface area (Å²) >= 11 is 6.11. The van der Waals surface area contributed by atoms with Gasteiger partial charge in [0.25, 0.3) is 0 Å². The maximum Gasteiger partial charge on any atom is 0.182 e. The fourth-order valence-electron chi connectivity index (χ4n) is 2.61. The monoisotopic (exact) mass is 389 g/mol. The maximum absolute atomic E-state index is 10.4. The quantitative estimate of drug-likeness (QED) is 0.611. The van der Waals surface area contributed by atoms with Gasteiger partial charge >= 0.3 is 0 Å². The molecule has 142 valence electrons. The molecule has 0 aliphatic rings. The number of anilines is 1. The molecule has 3 aromatic rings. The lowest BCUT2D eigenvalue weighted by atomic mass is 10.2. The molecule has 0 bridgehead atoms. The van der Waals surface area contributed by atoms with E-state index in [1.165, 1.54) is 7.11 Å². The van der Waals surface area contributed by atoms with Crippen LogP contribution < -0.4 is 14.8 Å². The molecule has 0 aliphatic heterocycles. The minimum atomic E-state index is -0.734. The molecule has 0 saturated heterocycles. The van der Waals surface area contributed by atoms with E-state index in [4.69, 9.17) is 21.1 Å². The van der Waals surface area contributed by atoms with Crippen LogP contribution in [0.5, 0.6) is 11.5 Å². The standard InChI is InChI=1S/C18H20ClN5O3/c1-26-16-9-15(17(27-2)8-14(16)19)20-10-13(25)11-24-18(21-22-23-24)12-6-4-3-5-7-12/h3-9,13,20,25H,10-11H2,1-2H3/t13-/m0/s1. The highest BCUT2D eigenvalue weighted by Gasteiger charge is 2.15. The molecule has 3 rings (SSSR count). The summed E-state index contributed by atoms with van der Waals surface area (Å²) in [4.78, 5) is 0. The Kier molecular flexibility index (Phi) is 6.10. The molecular formula is C18H20ClN5O3. The van der Waals surface area contributed by atoms with Crippen LogP contribution in [0.3, 0.4) is 0 Å². The van der Waals surface area contributed by atoms with Crippen LogP contribution in [0, 0.1) is 0 Å². The summed E-state index contributed by atoms with van der Waals surface area (Å²) in [6.07, 6.45) is -0.734. The first-order valence-electron chi connectivity index (χ1n) is 8.27. The number of hydrogen-bond donors (Lipinski definition) is 2. The first-order valence-corrected chi connectivity index (χ1v) is 8.65. The molecule has 0 saturated carbocycles. The molecule has 8 nitrogen and oxygen atoms in total. The Morgan fingerprint density at radius 3 is 2.59 bits per heavy atom. The van der Waals surface area contributed by atoms with Crippen LogP contribution in [0.1, 0.15) is 0 Å². The number of methoxy groups -OCH3 is 2. The average molecular weight is 390 g/mol. The van der Waals surface area contributed by atoms with Gasteiger partial charge in [0.1, 0.15) is 11.5 Å². The van der Waals surface area contributed by atoms with Crippen molar-refractivity contribution in [2.45, 2.75) is 12.6 Å². The van der Waals surface area contributed by atoms with Gasteiger partial charge in [0.2, 0.25) is 0 Å². The number of benzene rings is 2. The maximum atomic E-state index is 10.4. The zero-order chi connectivity index (χ0) is 19.2. The van der Waals surface area contributed by atoms with Crippen molar-refractivity contribution in [2.75, 3.05) is 26.1 Å². The van der Waals surface area contributed by atoms with E-state index in [2.05, 4.69) is 20.8 Å². The second-order valence-electron chi connectivity index (χ2n) is 5.77. The summed E-state index contributed by atoms with van der Waals surface area (Å²) in [6, 6.07) is 12.9. The van der Waals surface area contributed by atoms with Gasteiger partial charge in [-0.25, -0.2) is 4.68 Å². The van der Waals surface area contributed by atoms with Crippen LogP contribution in [0.2, 0.25) is 5.02 Å². The number of aromatic nitrogens is 4. The summed E-state index contributed by atoms with van der Waals surface area (Å²) in [7, 11) is 3.09. The van der Waals surface area contributed by atoms with Gasteiger partial charge in [-0.05, 0) is 10.4 Å². The van der Waals surface area contributed by atoms with Gasteiger partial charge in [-0.15, -0.1) is 5.10 Å². The Morgan fingerprint density at radius 2 is 1.89 bits per heavy atom. The second kappa shape index (κ2) is 8.70. The van der Waals surface area contributed by atoms with Crippen LogP contribution in [-0.2, 0) is 6.54 Å². The predicted octanol–water partition coefficient (Wildman–Crippen LogP) is 2.48. The van der Waals surface area contributed by atoms with Crippen LogP contribution >= 0.6 is 11.6 Å². The topological polar surface area (TPSA) is 94.3 Å². The predicted molar refractivity (Wildman–Crippen MR) is 102 cm³/mol. The van der Waals surface area contributed by atoms with E-state index in [1.54, 1.807) is 23.9 Å². The van der Waals surface area contributed by atoms with Gasteiger partial charge in [-0.3, -0.25) is 0 Å². The Bertz CT molecular complexity index is 888. The zero-order valence-electron chi connectivity index (χ0n) is 15.0. The van der Waals surface area contributed by atoms with Crippen molar-refractivity contribution in [3.8, 4) is 22.9 Å². The van der Waals surface area contributed by atoms with E-state index < -0.39 is 6.10 Å². The third kappa shape index (κ3) is 4.47. The molecule has 0 amide bonds. The normalized spacial score (nSPS) is 11.9. The molecule has 27 heavy (non-hydrogen) atoms. The van der Waals surface area contributed by atoms with Crippen molar-refractivity contribution < 1.29 is 14.6 Å². The SMILES string of the molecule is COc1cc(NC[C@H](O)Cn2nnnc2-c2ccccc2)c(OC)cc1Cl. The number of nitrogens with one attached hydrogen (secondary N) is 1. The van der Waals surface area contributed by atoms with Crippen LogP contribution in [0.15, 0.2) is 42.5 Å². The van der Waals surface area contributed by atoms with E-state index in [0.29, 0.717) is 28.0 Å². The van der Waals surface area contributed by atoms with E-state index in [0.717, 1.165) is 5.56 Å². The summed E-state index contributed by atoms with van der Waals surface area (Å²) < 4.78 is 12.1. The van der Waals surface area contributed by atoms with Crippen molar-refractivity contribution in [1.82, 2.24) is 20.2 Å². The van der Waals surface area contributed by atoms with Crippen molar-refractivity contribution in [3.63, 3.8) is 0 Å². The molecule has 2 aromatic carbocycles. The highest BCUT2D eigenvalue weighted by atomic mass is 35.5. The Hall–Kier alpha value is -2.84. The number of nitrogens with zero attached hydrogens (tertiary/aromatic N) is 4. The number of aliphatic hydroxyl groups excluding tert-OH is 1. The molecule has 2 N–H and O–H groups in total. The molecule has 1 heterocycles. The van der Waals surface area contributed by atoms with Crippen LogP contribution in [0.4, 0.5) is 5.69 Å². The minimum Gasteiger partial charge on any atom is -0.495 e. The lowest BCUT2D eigenvalue weighted by Crippen LogP contribution is -2.26. The van der Waals surface area contributed by atoms with Gasteiger partial charge < -0.3 is 19.9 Å². The zero-order valence-corrected chi connectivity index (χ0v) is 15.7. The number of rotatable bonds is 8. The Labute approximate surface area is 161 Å². The van der Waals surface area contributed by atoms with Crippen molar-refractivity contribution in [1.29, 1.82) is 0 Å². The van der Waals surface area contributed by atoms with Crippen molar-refractivity contribution in [3.05, 3.63) is 47.5 Å². The molecule has 1 aromatic heterocycles. The van der Waals surface area contributed by atoms with E-state index in [-0.39, 0.29) is 13.1 Å². The summed E-state index contributed by atoms with van der Waals surface area (Å²) in [5, 5.41) is 25.7. The third-order valence-electron chi connectivity index (χ3n) is 3.95. The van der Waals surface area contributed by atoms with E-state index in [9.17, 15) is 5.11 Å². The molecule has 0 unspecified atom stereocenters. The van der Waals surface area contributed by atoms with Crippen molar-refractivity contribution >= 4 is 17.3 Å². The second-order valence-corrected chi connectivity index (χ2v) is 6.18. The van der Waals surface area contributed by atoms with Gasteiger partial charge in [-0.1, -0.05) is 41.9 Å². The van der Waals surface area contributed by atoms with Crippen LogP contribution in [0.25, 0.3) is 11.4 Å². The van der Waals surface area contributed by atoms with E-state index in [1.807, 2.05) is 30.3 Å². The number of tetrazole rings is 1. The largest absolute Gasteiger partial charge is 0.495 e. The summed E-state index contributed by atoms with van der Waals surface area (Å²) in [5.41, 5.74) is 1.55. The number of ether oxygens (including phenoxy) is 2. The highest BCUT2D eigenvalue weighted by Crippen LogP contribution is 2.35. The average Bonchev–Trinajstić information content (AvgIpc) is 3.15. The smallest absolute Gasteiger partial charge is 0.182 e. The third-order valence-corrected chi connectivity index (χ3v) is 4.25. The number of aliphatic hydroxyl groups is 1. The highest BCUT2D eigenvalue weighted by molar-refractivity contribution is 6.32. The van der Waals surface area contributed by atoms with Gasteiger partial charge in [0.05, 0.1) is 37.6 Å². The Balaban J connectivity index is 1.68. The van der Waals surface area contributed by atoms with E-state index >= 15 is 0 Å². The van der Waals surface area contributed by atoms with Crippen molar-refractivity contribution in [2.24, 2.45) is 0 Å². The summed E-state index contributed by atoms with van der Waals surface area (Å²) in [5.74, 6) is 1.67. The minimum absolute atomic E-state index is 0.233. The van der Waals surface area contributed by atoms with Gasteiger partial charge in [0, 0.05) is 24.2 Å². The summed E-state index contributed by atoms with van der Waals surface area (Å²) in [6.45, 7) is 0.493. The first kappa shape index (κ1) is 18.9. The lowest BCUT2D eigenvalue weighted by Gasteiger charge is -2.17. The molecule has 0 spiro atoms.